The van der Waals surface area contributed by atoms with Crippen molar-refractivity contribution in [3.05, 3.63) is 66.2 Å². The zero-order valence-electron chi connectivity index (χ0n) is 14.5. The maximum absolute atomic E-state index is 12.3. The molecule has 2 aromatic rings. The van der Waals surface area contributed by atoms with Crippen LogP contribution in [0.3, 0.4) is 0 Å². The molecule has 2 atom stereocenters. The van der Waals surface area contributed by atoms with Gasteiger partial charge in [-0.1, -0.05) is 55.5 Å². The summed E-state index contributed by atoms with van der Waals surface area (Å²) in [5.41, 5.74) is 1.16. The highest BCUT2D eigenvalue weighted by Gasteiger charge is 2.22. The molecule has 0 radical (unpaired) electrons. The van der Waals surface area contributed by atoms with Crippen LogP contribution in [0, 0.1) is 0 Å². The summed E-state index contributed by atoms with van der Waals surface area (Å²) in [5.74, 6) is -0.142. The zero-order chi connectivity index (χ0) is 18.3. The van der Waals surface area contributed by atoms with Crippen molar-refractivity contribution >= 4 is 15.9 Å². The average molecular weight is 360 g/mol. The van der Waals surface area contributed by atoms with Gasteiger partial charge in [-0.3, -0.25) is 4.79 Å². The van der Waals surface area contributed by atoms with E-state index in [1.807, 2.05) is 30.3 Å². The highest BCUT2D eigenvalue weighted by molar-refractivity contribution is 7.89. The molecule has 0 heterocycles. The fraction of sp³-hybridized carbons (Fsp3) is 0.316. The number of amides is 1. The lowest BCUT2D eigenvalue weighted by Gasteiger charge is -2.19. The van der Waals surface area contributed by atoms with E-state index in [4.69, 9.17) is 0 Å². The van der Waals surface area contributed by atoms with Gasteiger partial charge in [0.2, 0.25) is 15.9 Å². The van der Waals surface area contributed by atoms with Crippen molar-refractivity contribution < 1.29 is 13.2 Å². The number of sulfonamides is 1. The molecule has 0 unspecified atom stereocenters. The van der Waals surface area contributed by atoms with Gasteiger partial charge in [-0.2, -0.15) is 4.72 Å². The van der Waals surface area contributed by atoms with Crippen LogP contribution in [-0.4, -0.2) is 26.9 Å². The molecular weight excluding hydrogens is 336 g/mol. The van der Waals surface area contributed by atoms with Crippen LogP contribution in [0.1, 0.15) is 31.7 Å². The van der Waals surface area contributed by atoms with Crippen LogP contribution in [0.4, 0.5) is 0 Å². The molecule has 0 saturated heterocycles. The largest absolute Gasteiger partial charge is 0.354 e. The number of hydrogen-bond donors (Lipinski definition) is 2. The van der Waals surface area contributed by atoms with E-state index in [1.54, 1.807) is 25.1 Å². The van der Waals surface area contributed by atoms with Crippen LogP contribution in [0.15, 0.2) is 65.6 Å². The van der Waals surface area contributed by atoms with Crippen molar-refractivity contribution in [2.75, 3.05) is 6.54 Å². The molecule has 0 aromatic heterocycles. The molecule has 0 bridgehead atoms. The van der Waals surface area contributed by atoms with E-state index in [0.29, 0.717) is 6.54 Å². The van der Waals surface area contributed by atoms with Crippen molar-refractivity contribution in [3.63, 3.8) is 0 Å². The monoisotopic (exact) mass is 360 g/mol. The fourth-order valence-corrected chi connectivity index (χ4v) is 3.78. The Kier molecular flexibility index (Phi) is 6.73. The summed E-state index contributed by atoms with van der Waals surface area (Å²) >= 11 is 0. The van der Waals surface area contributed by atoms with E-state index in [1.165, 1.54) is 12.1 Å². The van der Waals surface area contributed by atoms with Crippen LogP contribution in [-0.2, 0) is 14.8 Å². The van der Waals surface area contributed by atoms with Crippen LogP contribution >= 0.6 is 0 Å². The summed E-state index contributed by atoms with van der Waals surface area (Å²) in [5, 5.41) is 2.84. The molecule has 2 N–H and O–H groups in total. The molecule has 0 aliphatic heterocycles. The highest BCUT2D eigenvalue weighted by Crippen LogP contribution is 2.18. The minimum Gasteiger partial charge on any atom is -0.354 e. The van der Waals surface area contributed by atoms with Gasteiger partial charge in [0.05, 0.1) is 10.9 Å². The number of rotatable bonds is 8. The first-order valence-corrected chi connectivity index (χ1v) is 9.82. The molecule has 1 amide bonds. The molecule has 2 aromatic carbocycles. The number of carbonyl (C=O) groups excluding carboxylic acids is 1. The smallest absolute Gasteiger partial charge is 0.241 e. The fourth-order valence-electron chi connectivity index (χ4n) is 2.55. The average Bonchev–Trinajstić information content (AvgIpc) is 2.63. The second-order valence-electron chi connectivity index (χ2n) is 5.92. The predicted molar refractivity (Wildman–Crippen MR) is 98.7 cm³/mol. The third-order valence-corrected chi connectivity index (χ3v) is 5.62. The number of carbonyl (C=O) groups is 1. The molecule has 6 heteroatoms. The maximum atomic E-state index is 12.3. The van der Waals surface area contributed by atoms with E-state index in [9.17, 15) is 13.2 Å². The summed E-state index contributed by atoms with van der Waals surface area (Å²) < 4.78 is 27.0. The maximum Gasteiger partial charge on any atom is 0.241 e. The first kappa shape index (κ1) is 19.1. The normalized spacial score (nSPS) is 13.8. The Balaban J connectivity index is 1.94. The minimum atomic E-state index is -3.71. The first-order valence-electron chi connectivity index (χ1n) is 8.34. The Morgan fingerprint density at radius 1 is 1.00 bits per heavy atom. The molecule has 2 rings (SSSR count). The van der Waals surface area contributed by atoms with Crippen molar-refractivity contribution in [3.8, 4) is 0 Å². The van der Waals surface area contributed by atoms with Gasteiger partial charge >= 0.3 is 0 Å². The molecule has 0 spiro atoms. The molecule has 0 fully saturated rings. The summed E-state index contributed by atoms with van der Waals surface area (Å²) in [6.07, 6.45) is 0.883. The van der Waals surface area contributed by atoms with E-state index < -0.39 is 16.1 Å². The lowest BCUT2D eigenvalue weighted by Crippen LogP contribution is -2.45. The lowest BCUT2D eigenvalue weighted by atomic mass is 9.96. The summed E-state index contributed by atoms with van der Waals surface area (Å²) in [4.78, 5) is 12.4. The van der Waals surface area contributed by atoms with Crippen molar-refractivity contribution in [2.24, 2.45) is 0 Å². The summed E-state index contributed by atoms with van der Waals surface area (Å²) in [6.45, 7) is 4.07. The van der Waals surface area contributed by atoms with Gasteiger partial charge < -0.3 is 5.32 Å². The number of benzene rings is 2. The third-order valence-electron chi connectivity index (χ3n) is 4.07. The van der Waals surface area contributed by atoms with Gasteiger partial charge in [-0.15, -0.1) is 0 Å². The zero-order valence-corrected chi connectivity index (χ0v) is 15.3. The molecule has 0 aliphatic carbocycles. The summed E-state index contributed by atoms with van der Waals surface area (Å²) in [6, 6.07) is 17.1. The first-order chi connectivity index (χ1) is 11.9. The third kappa shape index (κ3) is 5.41. The number of nitrogens with one attached hydrogen (secondary N) is 2. The SMILES string of the molecule is CC[C@@H](CNC(=O)[C@@H](C)NS(=O)(=O)c1ccccc1)c1ccccc1. The Bertz CT molecular complexity index is 777. The van der Waals surface area contributed by atoms with Crippen LogP contribution in [0.5, 0.6) is 0 Å². The lowest BCUT2D eigenvalue weighted by molar-refractivity contribution is -0.122. The van der Waals surface area contributed by atoms with Gasteiger partial charge in [0.25, 0.3) is 0 Å². The topological polar surface area (TPSA) is 75.3 Å². The van der Waals surface area contributed by atoms with E-state index >= 15 is 0 Å². The van der Waals surface area contributed by atoms with Gasteiger partial charge in [0, 0.05) is 12.5 Å². The second-order valence-corrected chi connectivity index (χ2v) is 7.63. The Hall–Kier alpha value is -2.18. The molecular formula is C19H24N2O3S. The van der Waals surface area contributed by atoms with Crippen molar-refractivity contribution in [1.82, 2.24) is 10.0 Å². The van der Waals surface area contributed by atoms with E-state index in [0.717, 1.165) is 12.0 Å². The van der Waals surface area contributed by atoms with Crippen LogP contribution in [0.25, 0.3) is 0 Å². The highest BCUT2D eigenvalue weighted by atomic mass is 32.2. The predicted octanol–water partition coefficient (Wildman–Crippen LogP) is 2.66. The molecule has 25 heavy (non-hydrogen) atoms. The van der Waals surface area contributed by atoms with E-state index in [2.05, 4.69) is 17.0 Å². The molecule has 0 saturated carbocycles. The van der Waals surface area contributed by atoms with Gasteiger partial charge in [0.15, 0.2) is 0 Å². The number of hydrogen-bond acceptors (Lipinski definition) is 3. The van der Waals surface area contributed by atoms with E-state index in [-0.39, 0.29) is 16.7 Å². The minimum absolute atomic E-state index is 0.144. The van der Waals surface area contributed by atoms with Crippen LogP contribution < -0.4 is 10.0 Å². The Labute approximate surface area is 149 Å². The second kappa shape index (κ2) is 8.78. The van der Waals surface area contributed by atoms with Gasteiger partial charge in [0.1, 0.15) is 0 Å². The summed E-state index contributed by atoms with van der Waals surface area (Å²) in [7, 11) is -3.71. The molecule has 5 nitrogen and oxygen atoms in total. The molecule has 134 valence electrons. The Morgan fingerprint density at radius 2 is 1.56 bits per heavy atom. The van der Waals surface area contributed by atoms with Gasteiger partial charge in [-0.05, 0) is 31.0 Å². The van der Waals surface area contributed by atoms with Crippen molar-refractivity contribution in [1.29, 1.82) is 0 Å². The van der Waals surface area contributed by atoms with Crippen molar-refractivity contribution in [2.45, 2.75) is 37.1 Å². The van der Waals surface area contributed by atoms with Crippen LogP contribution in [0.2, 0.25) is 0 Å². The quantitative estimate of drug-likeness (QED) is 0.760. The van der Waals surface area contributed by atoms with Gasteiger partial charge in [-0.25, -0.2) is 8.42 Å². The molecule has 0 aliphatic rings. The Morgan fingerprint density at radius 3 is 2.12 bits per heavy atom. The standard InChI is InChI=1S/C19H24N2O3S/c1-3-16(17-10-6-4-7-11-17)14-20-19(22)15(2)21-25(23,24)18-12-8-5-9-13-18/h4-13,15-16,21H,3,14H2,1-2H3,(H,20,22)/t15-,16+/m1/s1.